The lowest BCUT2D eigenvalue weighted by Crippen LogP contribution is -2.10. The van der Waals surface area contributed by atoms with Gasteiger partial charge < -0.3 is 10.1 Å². The van der Waals surface area contributed by atoms with E-state index in [1.165, 1.54) is 24.6 Å². The van der Waals surface area contributed by atoms with Crippen LogP contribution < -0.4 is 5.32 Å². The van der Waals surface area contributed by atoms with Crippen LogP contribution >= 0.6 is 11.3 Å². The van der Waals surface area contributed by atoms with Gasteiger partial charge in [-0.2, -0.15) is 0 Å². The first-order valence-corrected chi connectivity index (χ1v) is 6.84. The molecule has 2 aromatic heterocycles. The molecule has 110 valence electrons. The van der Waals surface area contributed by atoms with Gasteiger partial charge in [0, 0.05) is 36.8 Å². The lowest BCUT2D eigenvalue weighted by atomic mass is 10.2. The molecule has 2 rings (SSSR count). The standard InChI is InChI=1S/C12H12N4O4S/c1-20-12(17)8-6-9(16(18)19)11(15-7-8)14-3-2-10-13-4-5-21-10/h4-7H,2-3H2,1H3,(H,14,15). The zero-order valence-electron chi connectivity index (χ0n) is 11.1. The van der Waals surface area contributed by atoms with Crippen LogP contribution in [0.2, 0.25) is 0 Å². The first-order valence-electron chi connectivity index (χ1n) is 5.97. The summed E-state index contributed by atoms with van der Waals surface area (Å²) in [4.78, 5) is 29.8. The van der Waals surface area contributed by atoms with Gasteiger partial charge in [-0.3, -0.25) is 10.1 Å². The Kier molecular flexibility index (Phi) is 4.77. The highest BCUT2D eigenvalue weighted by Gasteiger charge is 2.19. The molecule has 0 aromatic carbocycles. The van der Waals surface area contributed by atoms with E-state index in [1.54, 1.807) is 6.20 Å². The van der Waals surface area contributed by atoms with Crippen LogP contribution in [0.25, 0.3) is 0 Å². The quantitative estimate of drug-likeness (QED) is 0.493. The molecule has 2 aromatic rings. The van der Waals surface area contributed by atoms with Crippen molar-refractivity contribution in [3.05, 3.63) is 44.5 Å². The minimum atomic E-state index is -0.667. The van der Waals surface area contributed by atoms with Crippen molar-refractivity contribution < 1.29 is 14.5 Å². The van der Waals surface area contributed by atoms with E-state index < -0.39 is 10.9 Å². The van der Waals surface area contributed by atoms with E-state index in [0.29, 0.717) is 13.0 Å². The summed E-state index contributed by atoms with van der Waals surface area (Å²) in [5.74, 6) is -0.552. The Bertz CT molecular complexity index is 645. The van der Waals surface area contributed by atoms with Crippen molar-refractivity contribution >= 4 is 28.8 Å². The maximum absolute atomic E-state index is 11.4. The number of hydrogen-bond donors (Lipinski definition) is 1. The molecule has 0 aliphatic rings. The number of rotatable bonds is 6. The average molecular weight is 308 g/mol. The first kappa shape index (κ1) is 14.9. The molecule has 0 fully saturated rings. The number of esters is 1. The number of thiazole rings is 1. The number of nitro groups is 1. The van der Waals surface area contributed by atoms with Gasteiger partial charge in [0.1, 0.15) is 0 Å². The maximum Gasteiger partial charge on any atom is 0.339 e. The zero-order valence-corrected chi connectivity index (χ0v) is 11.9. The van der Waals surface area contributed by atoms with Crippen molar-refractivity contribution in [1.29, 1.82) is 0 Å². The minimum absolute atomic E-state index is 0.0367. The van der Waals surface area contributed by atoms with Crippen LogP contribution in [-0.4, -0.2) is 34.5 Å². The van der Waals surface area contributed by atoms with Crippen molar-refractivity contribution in [3.63, 3.8) is 0 Å². The Labute approximate surface area is 124 Å². The third-order valence-electron chi connectivity index (χ3n) is 2.60. The molecule has 9 heteroatoms. The van der Waals surface area contributed by atoms with E-state index >= 15 is 0 Å². The number of hydrogen-bond acceptors (Lipinski definition) is 8. The molecule has 0 aliphatic carbocycles. The number of carbonyl (C=O) groups is 1. The van der Waals surface area contributed by atoms with Crippen LogP contribution in [0.4, 0.5) is 11.5 Å². The van der Waals surface area contributed by atoms with Crippen molar-refractivity contribution in [2.75, 3.05) is 19.0 Å². The summed E-state index contributed by atoms with van der Waals surface area (Å²) < 4.78 is 4.51. The molecule has 0 atom stereocenters. The second-order valence-corrected chi connectivity index (χ2v) is 4.92. The second kappa shape index (κ2) is 6.75. The molecule has 21 heavy (non-hydrogen) atoms. The van der Waals surface area contributed by atoms with Crippen LogP contribution in [0.5, 0.6) is 0 Å². The summed E-state index contributed by atoms with van der Waals surface area (Å²) in [7, 11) is 1.20. The summed E-state index contributed by atoms with van der Waals surface area (Å²) in [6.07, 6.45) is 3.58. The Hall–Kier alpha value is -2.55. The van der Waals surface area contributed by atoms with Crippen molar-refractivity contribution in [1.82, 2.24) is 9.97 Å². The Balaban J connectivity index is 2.11. The van der Waals surface area contributed by atoms with Crippen LogP contribution in [0.1, 0.15) is 15.4 Å². The largest absolute Gasteiger partial charge is 0.465 e. The van der Waals surface area contributed by atoms with Crippen molar-refractivity contribution in [2.24, 2.45) is 0 Å². The molecule has 0 aliphatic heterocycles. The van der Waals surface area contributed by atoms with Gasteiger partial charge in [0.15, 0.2) is 0 Å². The van der Waals surface area contributed by atoms with Crippen molar-refractivity contribution in [3.8, 4) is 0 Å². The highest BCUT2D eigenvalue weighted by molar-refractivity contribution is 7.09. The SMILES string of the molecule is COC(=O)c1cnc(NCCc2nccs2)c([N+](=O)[O-])c1. The van der Waals surface area contributed by atoms with Gasteiger partial charge in [-0.25, -0.2) is 14.8 Å². The number of carbonyl (C=O) groups excluding carboxylic acids is 1. The fraction of sp³-hybridized carbons (Fsp3) is 0.250. The summed E-state index contributed by atoms with van der Waals surface area (Å²) in [5, 5.41) is 16.7. The molecule has 0 saturated heterocycles. The van der Waals surface area contributed by atoms with Crippen LogP contribution in [-0.2, 0) is 11.2 Å². The molecule has 0 spiro atoms. The van der Waals surface area contributed by atoms with Gasteiger partial charge >= 0.3 is 11.7 Å². The van der Waals surface area contributed by atoms with Crippen LogP contribution in [0.3, 0.4) is 0 Å². The highest BCUT2D eigenvalue weighted by Crippen LogP contribution is 2.23. The normalized spacial score (nSPS) is 10.1. The number of ether oxygens (including phenoxy) is 1. The molecule has 2 heterocycles. The molecule has 0 saturated carbocycles. The fourth-order valence-electron chi connectivity index (χ4n) is 1.62. The molecular formula is C12H12N4O4S. The molecule has 0 amide bonds. The zero-order chi connectivity index (χ0) is 15.2. The number of anilines is 1. The summed E-state index contributed by atoms with van der Waals surface area (Å²) in [6, 6.07) is 1.14. The predicted molar refractivity (Wildman–Crippen MR) is 76.5 cm³/mol. The number of aromatic nitrogens is 2. The maximum atomic E-state index is 11.4. The molecular weight excluding hydrogens is 296 g/mol. The second-order valence-electron chi connectivity index (χ2n) is 3.94. The molecule has 8 nitrogen and oxygen atoms in total. The Morgan fingerprint density at radius 2 is 2.33 bits per heavy atom. The summed E-state index contributed by atoms with van der Waals surface area (Å²) >= 11 is 1.51. The van der Waals surface area contributed by atoms with E-state index in [0.717, 1.165) is 11.1 Å². The van der Waals surface area contributed by atoms with E-state index in [-0.39, 0.29) is 17.1 Å². The van der Waals surface area contributed by atoms with Crippen LogP contribution in [0.15, 0.2) is 23.8 Å². The number of pyridine rings is 1. The van der Waals surface area contributed by atoms with Gasteiger partial charge in [0.2, 0.25) is 5.82 Å². The van der Waals surface area contributed by atoms with E-state index in [2.05, 4.69) is 20.0 Å². The van der Waals surface area contributed by atoms with E-state index in [4.69, 9.17) is 0 Å². The van der Waals surface area contributed by atoms with Gasteiger partial charge in [-0.15, -0.1) is 11.3 Å². The Morgan fingerprint density at radius 3 is 2.95 bits per heavy atom. The lowest BCUT2D eigenvalue weighted by molar-refractivity contribution is -0.384. The number of nitrogens with one attached hydrogen (secondary N) is 1. The van der Waals surface area contributed by atoms with Gasteiger partial charge in [0.05, 0.1) is 22.6 Å². The molecule has 0 unspecified atom stereocenters. The fourth-order valence-corrected chi connectivity index (χ4v) is 2.24. The number of nitrogens with zero attached hydrogens (tertiary/aromatic N) is 3. The van der Waals surface area contributed by atoms with Gasteiger partial charge in [-0.1, -0.05) is 0 Å². The third-order valence-corrected chi connectivity index (χ3v) is 3.44. The van der Waals surface area contributed by atoms with Gasteiger partial charge in [0.25, 0.3) is 0 Å². The Morgan fingerprint density at radius 1 is 1.52 bits per heavy atom. The van der Waals surface area contributed by atoms with Gasteiger partial charge in [-0.05, 0) is 0 Å². The predicted octanol–water partition coefficient (Wildman–Crippen LogP) is 1.89. The summed E-state index contributed by atoms with van der Waals surface area (Å²) in [6.45, 7) is 0.457. The topological polar surface area (TPSA) is 107 Å². The molecule has 0 radical (unpaired) electrons. The smallest absolute Gasteiger partial charge is 0.339 e. The van der Waals surface area contributed by atoms with Crippen LogP contribution in [0, 0.1) is 10.1 Å². The third kappa shape index (κ3) is 3.72. The first-order chi connectivity index (χ1) is 10.1. The minimum Gasteiger partial charge on any atom is -0.465 e. The number of methoxy groups -OCH3 is 1. The monoisotopic (exact) mass is 308 g/mol. The average Bonchev–Trinajstić information content (AvgIpc) is 2.99. The molecule has 1 N–H and O–H groups in total. The van der Waals surface area contributed by atoms with E-state index in [9.17, 15) is 14.9 Å². The van der Waals surface area contributed by atoms with Crippen molar-refractivity contribution in [2.45, 2.75) is 6.42 Å². The molecule has 0 bridgehead atoms. The lowest BCUT2D eigenvalue weighted by Gasteiger charge is -2.06. The highest BCUT2D eigenvalue weighted by atomic mass is 32.1. The van der Waals surface area contributed by atoms with E-state index in [1.807, 2.05) is 5.38 Å². The summed E-state index contributed by atoms with van der Waals surface area (Å²) in [5.41, 5.74) is -0.230.